The van der Waals surface area contributed by atoms with Gasteiger partial charge in [0.15, 0.2) is 6.10 Å². The van der Waals surface area contributed by atoms with Crippen LogP contribution in [0.2, 0.25) is 0 Å². The predicted molar refractivity (Wildman–Crippen MR) is 90.9 cm³/mol. The van der Waals surface area contributed by atoms with Gasteiger partial charge in [-0.2, -0.15) is 0 Å². The van der Waals surface area contributed by atoms with Crippen molar-refractivity contribution in [2.45, 2.75) is 26.0 Å². The Kier molecular flexibility index (Phi) is 6.00. The van der Waals surface area contributed by atoms with Gasteiger partial charge in [0.25, 0.3) is 11.6 Å². The second-order valence-electron chi connectivity index (χ2n) is 5.60. The maximum atomic E-state index is 12.9. The average molecular weight is 360 g/mol. The number of para-hydroxylation sites is 1. The molecule has 0 fully saturated rings. The summed E-state index contributed by atoms with van der Waals surface area (Å²) < 4.78 is 18.0. The van der Waals surface area contributed by atoms with Gasteiger partial charge < -0.3 is 10.1 Å². The van der Waals surface area contributed by atoms with Gasteiger partial charge in [0.05, 0.1) is 11.0 Å². The summed E-state index contributed by atoms with van der Waals surface area (Å²) in [5, 5.41) is 13.6. The summed E-state index contributed by atoms with van der Waals surface area (Å²) in [4.78, 5) is 34.6. The van der Waals surface area contributed by atoms with Gasteiger partial charge in [-0.3, -0.25) is 14.9 Å². The van der Waals surface area contributed by atoms with Crippen molar-refractivity contribution in [2.75, 3.05) is 0 Å². The zero-order chi connectivity index (χ0) is 19.3. The number of carbonyl (C=O) groups excluding carboxylic acids is 2. The molecule has 0 heterocycles. The van der Waals surface area contributed by atoms with Crippen LogP contribution in [0.4, 0.5) is 10.1 Å². The van der Waals surface area contributed by atoms with Crippen molar-refractivity contribution in [1.29, 1.82) is 0 Å². The molecule has 2 aromatic rings. The van der Waals surface area contributed by atoms with Crippen LogP contribution in [0.3, 0.4) is 0 Å². The molecule has 2 rings (SSSR count). The number of nitrogens with zero attached hydrogens (tertiary/aromatic N) is 1. The lowest BCUT2D eigenvalue weighted by molar-refractivity contribution is -0.385. The fourth-order valence-electron chi connectivity index (χ4n) is 2.25. The summed E-state index contributed by atoms with van der Waals surface area (Å²) in [7, 11) is 0. The maximum absolute atomic E-state index is 12.9. The van der Waals surface area contributed by atoms with E-state index in [1.165, 1.54) is 55.5 Å². The van der Waals surface area contributed by atoms with Crippen LogP contribution in [0.25, 0.3) is 0 Å². The summed E-state index contributed by atoms with van der Waals surface area (Å²) in [6.07, 6.45) is -1.16. The average Bonchev–Trinajstić information content (AvgIpc) is 2.61. The SMILES string of the molecule is C[C@H](OC(=O)c1ccccc1[N+](=O)[O-])C(=O)N[C@@H](C)c1ccc(F)cc1. The first-order valence-corrected chi connectivity index (χ1v) is 7.80. The van der Waals surface area contributed by atoms with E-state index in [1.807, 2.05) is 0 Å². The number of nitrogens with one attached hydrogen (secondary N) is 1. The second-order valence-corrected chi connectivity index (χ2v) is 5.60. The number of rotatable bonds is 6. The molecule has 8 heteroatoms. The Morgan fingerprint density at radius 2 is 1.73 bits per heavy atom. The van der Waals surface area contributed by atoms with E-state index in [1.54, 1.807) is 6.92 Å². The van der Waals surface area contributed by atoms with Crippen LogP contribution in [0, 0.1) is 15.9 Å². The number of nitro benzene ring substituents is 1. The molecule has 26 heavy (non-hydrogen) atoms. The third kappa shape index (κ3) is 4.62. The third-order valence-corrected chi connectivity index (χ3v) is 3.70. The number of amides is 1. The Morgan fingerprint density at radius 1 is 1.12 bits per heavy atom. The number of halogens is 1. The Morgan fingerprint density at radius 3 is 2.35 bits per heavy atom. The molecule has 7 nitrogen and oxygen atoms in total. The van der Waals surface area contributed by atoms with Crippen LogP contribution in [0.15, 0.2) is 48.5 Å². The highest BCUT2D eigenvalue weighted by molar-refractivity contribution is 5.95. The summed E-state index contributed by atoms with van der Waals surface area (Å²) in [6.45, 7) is 3.06. The van der Waals surface area contributed by atoms with E-state index in [4.69, 9.17) is 4.74 Å². The molecule has 0 saturated heterocycles. The first-order valence-electron chi connectivity index (χ1n) is 7.80. The molecule has 0 aromatic heterocycles. The van der Waals surface area contributed by atoms with Gasteiger partial charge in [0.1, 0.15) is 11.4 Å². The van der Waals surface area contributed by atoms with Crippen molar-refractivity contribution in [1.82, 2.24) is 5.32 Å². The normalized spacial score (nSPS) is 12.7. The number of nitro groups is 1. The summed E-state index contributed by atoms with van der Waals surface area (Å²) in [6, 6.07) is 10.5. The molecule has 1 N–H and O–H groups in total. The maximum Gasteiger partial charge on any atom is 0.345 e. The standard InChI is InChI=1S/C18H17FN2O5/c1-11(13-7-9-14(19)10-8-13)20-17(22)12(2)26-18(23)15-5-3-4-6-16(15)21(24)25/h3-12H,1-2H3,(H,20,22)/t11-,12-/m0/s1. The lowest BCUT2D eigenvalue weighted by atomic mass is 10.1. The molecule has 0 aliphatic heterocycles. The van der Waals surface area contributed by atoms with Crippen LogP contribution in [0.5, 0.6) is 0 Å². The lowest BCUT2D eigenvalue weighted by Gasteiger charge is -2.18. The number of benzene rings is 2. The third-order valence-electron chi connectivity index (χ3n) is 3.70. The first-order chi connectivity index (χ1) is 12.3. The van der Waals surface area contributed by atoms with E-state index >= 15 is 0 Å². The zero-order valence-corrected chi connectivity index (χ0v) is 14.1. The minimum Gasteiger partial charge on any atom is -0.449 e. The highest BCUT2D eigenvalue weighted by Gasteiger charge is 2.25. The minimum absolute atomic E-state index is 0.233. The summed E-state index contributed by atoms with van der Waals surface area (Å²) >= 11 is 0. The van der Waals surface area contributed by atoms with Crippen molar-refractivity contribution in [3.8, 4) is 0 Å². The van der Waals surface area contributed by atoms with Crippen molar-refractivity contribution in [3.63, 3.8) is 0 Å². The largest absolute Gasteiger partial charge is 0.449 e. The zero-order valence-electron chi connectivity index (χ0n) is 14.1. The van der Waals surface area contributed by atoms with E-state index in [0.717, 1.165) is 0 Å². The highest BCUT2D eigenvalue weighted by Crippen LogP contribution is 2.19. The van der Waals surface area contributed by atoms with Crippen molar-refractivity contribution in [2.24, 2.45) is 0 Å². The van der Waals surface area contributed by atoms with Crippen LogP contribution in [-0.4, -0.2) is 22.9 Å². The van der Waals surface area contributed by atoms with Crippen LogP contribution in [0.1, 0.15) is 35.8 Å². The van der Waals surface area contributed by atoms with Gasteiger partial charge in [-0.05, 0) is 37.6 Å². The molecular formula is C18H17FN2O5. The highest BCUT2D eigenvalue weighted by atomic mass is 19.1. The topological polar surface area (TPSA) is 98.5 Å². The Labute approximate surface area is 148 Å². The number of hydrogen-bond acceptors (Lipinski definition) is 5. The van der Waals surface area contributed by atoms with E-state index in [2.05, 4.69) is 5.32 Å². The predicted octanol–water partition coefficient (Wildman–Crippen LogP) is 3.16. The van der Waals surface area contributed by atoms with Crippen molar-refractivity contribution in [3.05, 3.63) is 75.6 Å². The van der Waals surface area contributed by atoms with Crippen LogP contribution in [-0.2, 0) is 9.53 Å². The molecule has 0 saturated carbocycles. The fourth-order valence-corrected chi connectivity index (χ4v) is 2.25. The van der Waals surface area contributed by atoms with Crippen LogP contribution >= 0.6 is 0 Å². The molecule has 1 amide bonds. The van der Waals surface area contributed by atoms with Gasteiger partial charge in [-0.15, -0.1) is 0 Å². The van der Waals surface area contributed by atoms with Gasteiger partial charge in [-0.1, -0.05) is 24.3 Å². The monoisotopic (exact) mass is 360 g/mol. The number of esters is 1. The molecular weight excluding hydrogens is 343 g/mol. The smallest absolute Gasteiger partial charge is 0.345 e. The first kappa shape index (κ1) is 19.0. The molecule has 2 aromatic carbocycles. The van der Waals surface area contributed by atoms with Crippen molar-refractivity contribution < 1.29 is 23.6 Å². The summed E-state index contributed by atoms with van der Waals surface area (Å²) in [5.41, 5.74) is 0.0468. The Bertz CT molecular complexity index is 823. The molecule has 0 unspecified atom stereocenters. The molecule has 0 bridgehead atoms. The van der Waals surface area contributed by atoms with Gasteiger partial charge >= 0.3 is 5.97 Å². The Hall–Kier alpha value is -3.29. The van der Waals surface area contributed by atoms with Gasteiger partial charge in [-0.25, -0.2) is 9.18 Å². The minimum atomic E-state index is -1.16. The Balaban J connectivity index is 2.01. The van der Waals surface area contributed by atoms with Crippen LogP contribution < -0.4 is 5.32 Å². The fraction of sp³-hybridized carbons (Fsp3) is 0.222. The van der Waals surface area contributed by atoms with E-state index in [0.29, 0.717) is 5.56 Å². The lowest BCUT2D eigenvalue weighted by Crippen LogP contribution is -2.37. The molecule has 0 aliphatic carbocycles. The van der Waals surface area contributed by atoms with E-state index in [9.17, 15) is 24.1 Å². The number of hydrogen-bond donors (Lipinski definition) is 1. The molecule has 2 atom stereocenters. The molecule has 0 spiro atoms. The van der Waals surface area contributed by atoms with Gasteiger partial charge in [0.2, 0.25) is 0 Å². The van der Waals surface area contributed by atoms with Crippen molar-refractivity contribution >= 4 is 17.6 Å². The number of ether oxygens (including phenoxy) is 1. The molecule has 136 valence electrons. The number of carbonyl (C=O) groups is 2. The quantitative estimate of drug-likeness (QED) is 0.485. The van der Waals surface area contributed by atoms with Gasteiger partial charge in [0, 0.05) is 6.07 Å². The second kappa shape index (κ2) is 8.19. The molecule has 0 aliphatic rings. The summed E-state index contributed by atoms with van der Waals surface area (Å²) in [5.74, 6) is -1.93. The van der Waals surface area contributed by atoms with E-state index in [-0.39, 0.29) is 11.4 Å². The van der Waals surface area contributed by atoms with E-state index < -0.39 is 34.6 Å². The molecule has 0 radical (unpaired) electrons.